The van der Waals surface area contributed by atoms with Crippen LogP contribution in [0.1, 0.15) is 39.0 Å². The van der Waals surface area contributed by atoms with Gasteiger partial charge in [0.15, 0.2) is 0 Å². The third-order valence-electron chi connectivity index (χ3n) is 3.44. The van der Waals surface area contributed by atoms with Crippen molar-refractivity contribution in [3.8, 4) is 0 Å². The monoisotopic (exact) mass is 376 g/mol. The van der Waals surface area contributed by atoms with Crippen LogP contribution in [0.25, 0.3) is 0 Å². The van der Waals surface area contributed by atoms with Crippen molar-refractivity contribution in [1.82, 2.24) is 0 Å². The molecule has 0 saturated heterocycles. The number of carbonyl (C=O) groups is 1. The lowest BCUT2D eigenvalue weighted by Gasteiger charge is -2.11. The first-order valence-electron chi connectivity index (χ1n) is 9.21. The van der Waals surface area contributed by atoms with Crippen molar-refractivity contribution in [1.29, 1.82) is 0 Å². The molecule has 4 N–H and O–H groups in total. The molecule has 0 aliphatic heterocycles. The average Bonchev–Trinajstić information content (AvgIpc) is 2.63. The van der Waals surface area contributed by atoms with Gasteiger partial charge < -0.3 is 20.4 Å². The quantitative estimate of drug-likeness (QED) is 0.275. The van der Waals surface area contributed by atoms with Gasteiger partial charge in [-0.15, -0.1) is 0 Å². The van der Waals surface area contributed by atoms with Gasteiger partial charge in [-0.1, -0.05) is 79.8 Å². The summed E-state index contributed by atoms with van der Waals surface area (Å²) in [4.78, 5) is 10.4. The summed E-state index contributed by atoms with van der Waals surface area (Å²) in [5.41, 5.74) is 0. The number of allylic oxidation sites excluding steroid dienone is 8. The van der Waals surface area contributed by atoms with Gasteiger partial charge in [0.1, 0.15) is 0 Å². The summed E-state index contributed by atoms with van der Waals surface area (Å²) in [5, 5.41) is 37.7. The summed E-state index contributed by atoms with van der Waals surface area (Å²) in [6.45, 7) is 2.05. The zero-order valence-corrected chi connectivity index (χ0v) is 15.9. The first kappa shape index (κ1) is 24.8. The summed E-state index contributed by atoms with van der Waals surface area (Å²) in [5.74, 6) is -0.861. The Labute approximate surface area is 162 Å². The second-order valence-electron chi connectivity index (χ2n) is 5.92. The van der Waals surface area contributed by atoms with Crippen LogP contribution < -0.4 is 0 Å². The molecule has 0 rings (SSSR count). The molecule has 0 spiro atoms. The first-order valence-corrected chi connectivity index (χ1v) is 9.21. The minimum Gasteiger partial charge on any atom is -0.481 e. The van der Waals surface area contributed by atoms with Gasteiger partial charge >= 0.3 is 5.97 Å². The molecule has 3 atom stereocenters. The minimum atomic E-state index is -0.992. The Bertz CT molecular complexity index is 555. The normalized spacial score (nSPS) is 16.6. The lowest BCUT2D eigenvalue weighted by atomic mass is 10.1. The molecule has 0 amide bonds. The van der Waals surface area contributed by atoms with Crippen LogP contribution in [0.15, 0.2) is 72.9 Å². The van der Waals surface area contributed by atoms with Crippen LogP contribution >= 0.6 is 0 Å². The maximum absolute atomic E-state index is 10.4. The Morgan fingerprint density at radius 2 is 1.41 bits per heavy atom. The highest BCUT2D eigenvalue weighted by atomic mass is 16.4. The van der Waals surface area contributed by atoms with Gasteiger partial charge in [0.25, 0.3) is 0 Å². The van der Waals surface area contributed by atoms with Gasteiger partial charge in [0, 0.05) is 6.42 Å². The van der Waals surface area contributed by atoms with E-state index in [1.807, 2.05) is 19.1 Å². The lowest BCUT2D eigenvalue weighted by molar-refractivity contribution is -0.136. The van der Waals surface area contributed by atoms with E-state index >= 15 is 0 Å². The molecule has 5 nitrogen and oxygen atoms in total. The zero-order chi connectivity index (χ0) is 20.3. The maximum atomic E-state index is 10.4. The van der Waals surface area contributed by atoms with E-state index in [9.17, 15) is 20.1 Å². The third kappa shape index (κ3) is 17.0. The van der Waals surface area contributed by atoms with Crippen molar-refractivity contribution in [3.05, 3.63) is 72.9 Å². The molecule has 0 bridgehead atoms. The molecule has 0 radical (unpaired) electrons. The van der Waals surface area contributed by atoms with Gasteiger partial charge in [-0.2, -0.15) is 0 Å². The predicted molar refractivity (Wildman–Crippen MR) is 109 cm³/mol. The standard InChI is InChI=1S/C22H32O5/c1-2-3-9-14-19(23)15-10-6-4-5-7-11-16-20(24)21(25)17-12-8-13-18-22(26)27/h3-12,15-16,19-21,23-25H,2,13-14,17-18H2,1H3,(H,26,27)/t19-,20-,21?/m1/s1. The fourth-order valence-corrected chi connectivity index (χ4v) is 1.94. The molecule has 0 aromatic rings. The van der Waals surface area contributed by atoms with Gasteiger partial charge in [-0.05, 0) is 25.7 Å². The van der Waals surface area contributed by atoms with Crippen LogP contribution in [0.3, 0.4) is 0 Å². The van der Waals surface area contributed by atoms with E-state index in [2.05, 4.69) is 0 Å². The molecular formula is C22H32O5. The number of aliphatic carboxylic acids is 1. The number of hydrogen-bond donors (Lipinski definition) is 4. The lowest BCUT2D eigenvalue weighted by Crippen LogP contribution is -2.22. The Balaban J connectivity index is 4.06. The molecule has 5 heteroatoms. The highest BCUT2D eigenvalue weighted by molar-refractivity contribution is 5.66. The molecule has 0 aromatic heterocycles. The van der Waals surface area contributed by atoms with Crippen LogP contribution in [0.5, 0.6) is 0 Å². The molecule has 27 heavy (non-hydrogen) atoms. The summed E-state index contributed by atoms with van der Waals surface area (Å²) in [6.07, 6.45) is 20.9. The molecule has 0 aliphatic rings. The van der Waals surface area contributed by atoms with E-state index in [0.29, 0.717) is 12.8 Å². The summed E-state index contributed by atoms with van der Waals surface area (Å²) in [7, 11) is 0. The minimum absolute atomic E-state index is 0.0530. The van der Waals surface area contributed by atoms with Crippen LogP contribution in [0, 0.1) is 0 Å². The Morgan fingerprint density at radius 3 is 2.04 bits per heavy atom. The smallest absolute Gasteiger partial charge is 0.303 e. The Morgan fingerprint density at radius 1 is 0.815 bits per heavy atom. The van der Waals surface area contributed by atoms with Crippen molar-refractivity contribution in [3.63, 3.8) is 0 Å². The fourth-order valence-electron chi connectivity index (χ4n) is 1.94. The Hall–Kier alpha value is -2.21. The number of carboxylic acids is 1. The van der Waals surface area contributed by atoms with E-state index in [1.54, 1.807) is 54.7 Å². The van der Waals surface area contributed by atoms with Crippen LogP contribution in [-0.4, -0.2) is 44.7 Å². The zero-order valence-electron chi connectivity index (χ0n) is 15.9. The van der Waals surface area contributed by atoms with Crippen molar-refractivity contribution >= 4 is 5.97 Å². The van der Waals surface area contributed by atoms with E-state index < -0.39 is 24.3 Å². The molecule has 0 aromatic carbocycles. The second kappa shape index (κ2) is 17.2. The molecule has 0 fully saturated rings. The van der Waals surface area contributed by atoms with Gasteiger partial charge in [0.05, 0.1) is 18.3 Å². The van der Waals surface area contributed by atoms with Crippen molar-refractivity contribution in [2.75, 3.05) is 0 Å². The number of aliphatic hydroxyl groups is 3. The topological polar surface area (TPSA) is 98.0 Å². The van der Waals surface area contributed by atoms with E-state index in [1.165, 1.54) is 6.08 Å². The van der Waals surface area contributed by atoms with Crippen LogP contribution in [-0.2, 0) is 4.79 Å². The summed E-state index contributed by atoms with van der Waals surface area (Å²) < 4.78 is 0. The third-order valence-corrected chi connectivity index (χ3v) is 3.44. The predicted octanol–water partition coefficient (Wildman–Crippen LogP) is 3.46. The van der Waals surface area contributed by atoms with E-state index in [4.69, 9.17) is 5.11 Å². The fraction of sp³-hybridized carbons (Fsp3) is 0.409. The second-order valence-corrected chi connectivity index (χ2v) is 5.92. The number of rotatable bonds is 14. The molecule has 0 heterocycles. The van der Waals surface area contributed by atoms with Gasteiger partial charge in [0.2, 0.25) is 0 Å². The molecule has 0 aliphatic carbocycles. The van der Waals surface area contributed by atoms with Gasteiger partial charge in [-0.3, -0.25) is 4.79 Å². The van der Waals surface area contributed by atoms with Crippen molar-refractivity contribution < 1.29 is 25.2 Å². The molecule has 150 valence electrons. The molecule has 0 saturated carbocycles. The highest BCUT2D eigenvalue weighted by Crippen LogP contribution is 2.03. The number of hydrogen-bond acceptors (Lipinski definition) is 4. The number of aliphatic hydroxyl groups excluding tert-OH is 3. The van der Waals surface area contributed by atoms with E-state index in [0.717, 1.165) is 6.42 Å². The van der Waals surface area contributed by atoms with Crippen LogP contribution in [0.4, 0.5) is 0 Å². The largest absolute Gasteiger partial charge is 0.481 e. The highest BCUT2D eigenvalue weighted by Gasteiger charge is 2.10. The van der Waals surface area contributed by atoms with Crippen molar-refractivity contribution in [2.24, 2.45) is 0 Å². The summed E-state index contributed by atoms with van der Waals surface area (Å²) in [6, 6.07) is 0. The molecular weight excluding hydrogens is 344 g/mol. The van der Waals surface area contributed by atoms with Crippen molar-refractivity contribution in [2.45, 2.75) is 57.3 Å². The summed E-state index contributed by atoms with van der Waals surface area (Å²) >= 11 is 0. The Kier molecular flexibility index (Phi) is 15.8. The van der Waals surface area contributed by atoms with Crippen LogP contribution in [0.2, 0.25) is 0 Å². The first-order chi connectivity index (χ1) is 13.0. The van der Waals surface area contributed by atoms with Gasteiger partial charge in [-0.25, -0.2) is 0 Å². The van der Waals surface area contributed by atoms with E-state index in [-0.39, 0.29) is 12.8 Å². The maximum Gasteiger partial charge on any atom is 0.303 e. The SMILES string of the molecule is CCC=CC[C@@H](O)C=CC=CC=CC=C[C@@H](O)C(O)CC=CCCC(=O)O. The average molecular weight is 376 g/mol. The number of carboxylic acid groups (broad SMARTS) is 1. The molecule has 1 unspecified atom stereocenters.